The van der Waals surface area contributed by atoms with E-state index < -0.39 is 0 Å². The van der Waals surface area contributed by atoms with Crippen molar-refractivity contribution < 1.29 is 4.79 Å². The molecule has 0 aliphatic carbocycles. The van der Waals surface area contributed by atoms with Crippen molar-refractivity contribution in [3.05, 3.63) is 35.5 Å². The Labute approximate surface area is 110 Å². The second-order valence-electron chi connectivity index (χ2n) is 4.14. The maximum absolute atomic E-state index is 12.2. The molecule has 0 fully saturated rings. The third-order valence-electron chi connectivity index (χ3n) is 3.09. The Kier molecular flexibility index (Phi) is 3.67. The molecule has 2 aromatic rings. The molecular formula is C14H16BrNO. The molecule has 17 heavy (non-hydrogen) atoms. The maximum atomic E-state index is 12.2. The zero-order chi connectivity index (χ0) is 12.4. The van der Waals surface area contributed by atoms with Gasteiger partial charge < -0.3 is 4.98 Å². The number of H-pyrrole nitrogens is 1. The van der Waals surface area contributed by atoms with Crippen molar-refractivity contribution in [2.45, 2.75) is 31.5 Å². The molecule has 1 N–H and O–H groups in total. The molecule has 3 heteroatoms. The number of carbonyl (C=O) groups is 1. The van der Waals surface area contributed by atoms with Crippen LogP contribution >= 0.6 is 15.9 Å². The normalized spacial score (nSPS) is 12.9. The number of alkyl halides is 1. The summed E-state index contributed by atoms with van der Waals surface area (Å²) in [4.78, 5) is 15.3. The first-order chi connectivity index (χ1) is 8.19. The zero-order valence-corrected chi connectivity index (χ0v) is 11.7. The summed E-state index contributed by atoms with van der Waals surface area (Å²) >= 11 is 3.42. The van der Waals surface area contributed by atoms with E-state index in [1.54, 1.807) is 0 Å². The van der Waals surface area contributed by atoms with Gasteiger partial charge in [-0.25, -0.2) is 0 Å². The zero-order valence-electron chi connectivity index (χ0n) is 10.1. The largest absolute Gasteiger partial charge is 0.360 e. The predicted octanol–water partition coefficient (Wildman–Crippen LogP) is 4.09. The van der Waals surface area contributed by atoms with E-state index in [1.807, 2.05) is 25.3 Å². The van der Waals surface area contributed by atoms with Crippen LogP contribution in [0.4, 0.5) is 0 Å². The van der Waals surface area contributed by atoms with Crippen LogP contribution in [-0.4, -0.2) is 15.6 Å². The van der Waals surface area contributed by atoms with E-state index in [-0.39, 0.29) is 10.6 Å². The summed E-state index contributed by atoms with van der Waals surface area (Å²) in [5.41, 5.74) is 3.14. The van der Waals surface area contributed by atoms with Gasteiger partial charge in [-0.05, 0) is 18.4 Å². The van der Waals surface area contributed by atoms with Crippen molar-refractivity contribution in [2.75, 3.05) is 0 Å². The quantitative estimate of drug-likeness (QED) is 0.668. The minimum atomic E-state index is -0.0909. The number of aryl methyl sites for hydroxylation is 1. The van der Waals surface area contributed by atoms with E-state index in [9.17, 15) is 4.79 Å². The summed E-state index contributed by atoms with van der Waals surface area (Å²) in [5.74, 6) is 0.159. The molecule has 0 unspecified atom stereocenters. The van der Waals surface area contributed by atoms with Crippen LogP contribution in [0.3, 0.4) is 0 Å². The summed E-state index contributed by atoms with van der Waals surface area (Å²) in [6, 6.07) is 6.12. The number of Topliss-reactive ketones (excluding diaryl/α,β-unsaturated/α-hetero) is 1. The highest BCUT2D eigenvalue weighted by Crippen LogP contribution is 2.25. The highest BCUT2D eigenvalue weighted by Gasteiger charge is 2.19. The van der Waals surface area contributed by atoms with E-state index in [1.165, 1.54) is 5.56 Å². The average Bonchev–Trinajstić information content (AvgIpc) is 2.80. The Morgan fingerprint density at radius 1 is 1.41 bits per heavy atom. The number of rotatable bonds is 4. The molecule has 2 nitrogen and oxygen atoms in total. The number of aromatic amines is 1. The molecule has 0 spiro atoms. The van der Waals surface area contributed by atoms with Crippen molar-refractivity contribution in [2.24, 2.45) is 0 Å². The lowest BCUT2D eigenvalue weighted by atomic mass is 10.0. The minimum Gasteiger partial charge on any atom is -0.360 e. The summed E-state index contributed by atoms with van der Waals surface area (Å²) in [5, 5.41) is 1.03. The standard InChI is InChI=1S/C14H16BrNO/c1-3-9-6-5-7-10-11(8-16-13(9)10)14(17)12(15)4-2/h5-8,12,16H,3-4H2,1-2H3/t12-/m0/s1. The first kappa shape index (κ1) is 12.4. The smallest absolute Gasteiger partial charge is 0.178 e. The van der Waals surface area contributed by atoms with Crippen molar-refractivity contribution in [1.29, 1.82) is 0 Å². The third kappa shape index (κ3) is 2.16. The van der Waals surface area contributed by atoms with Gasteiger partial charge in [0.15, 0.2) is 5.78 Å². The molecule has 2 rings (SSSR count). The maximum Gasteiger partial charge on any atom is 0.178 e. The molecule has 1 heterocycles. The van der Waals surface area contributed by atoms with E-state index in [2.05, 4.69) is 33.9 Å². The van der Waals surface area contributed by atoms with Crippen LogP contribution in [0.1, 0.15) is 36.2 Å². The fraction of sp³-hybridized carbons (Fsp3) is 0.357. The third-order valence-corrected chi connectivity index (χ3v) is 4.15. The highest BCUT2D eigenvalue weighted by atomic mass is 79.9. The Hall–Kier alpha value is -1.09. The number of fused-ring (bicyclic) bond motifs is 1. The molecule has 0 bridgehead atoms. The lowest BCUT2D eigenvalue weighted by Crippen LogP contribution is -2.12. The Bertz CT molecular complexity index is 544. The van der Waals surface area contributed by atoms with Crippen molar-refractivity contribution in [1.82, 2.24) is 4.98 Å². The molecular weight excluding hydrogens is 278 g/mol. The molecule has 90 valence electrons. The first-order valence-corrected chi connectivity index (χ1v) is 6.87. The number of carbonyl (C=O) groups excluding carboxylic acids is 1. The Balaban J connectivity index is 2.54. The van der Waals surface area contributed by atoms with Gasteiger partial charge in [-0.3, -0.25) is 4.79 Å². The predicted molar refractivity (Wildman–Crippen MR) is 75.0 cm³/mol. The first-order valence-electron chi connectivity index (χ1n) is 5.96. The Morgan fingerprint density at radius 3 is 2.82 bits per heavy atom. The molecule has 1 aromatic heterocycles. The van der Waals surface area contributed by atoms with Gasteiger partial charge in [0.2, 0.25) is 0 Å². The van der Waals surface area contributed by atoms with Gasteiger partial charge in [0.05, 0.1) is 4.83 Å². The number of nitrogens with one attached hydrogen (secondary N) is 1. The number of benzene rings is 1. The summed E-state index contributed by atoms with van der Waals surface area (Å²) in [7, 11) is 0. The van der Waals surface area contributed by atoms with Crippen molar-refractivity contribution >= 4 is 32.6 Å². The second-order valence-corrected chi connectivity index (χ2v) is 5.24. The highest BCUT2D eigenvalue weighted by molar-refractivity contribution is 9.10. The van der Waals surface area contributed by atoms with E-state index in [0.29, 0.717) is 0 Å². The van der Waals surface area contributed by atoms with Crippen molar-refractivity contribution in [3.8, 4) is 0 Å². The van der Waals surface area contributed by atoms with Crippen LogP contribution in [0.5, 0.6) is 0 Å². The SMILES string of the molecule is CCc1cccc2c(C(=O)[C@@H](Br)CC)c[nH]c12. The summed E-state index contributed by atoms with van der Waals surface area (Å²) < 4.78 is 0. The van der Waals surface area contributed by atoms with Gasteiger partial charge in [0.25, 0.3) is 0 Å². The fourth-order valence-corrected chi connectivity index (χ4v) is 2.32. The van der Waals surface area contributed by atoms with Crippen LogP contribution in [0, 0.1) is 0 Å². The second kappa shape index (κ2) is 5.05. The van der Waals surface area contributed by atoms with Gasteiger partial charge in [0.1, 0.15) is 0 Å². The molecule has 1 aromatic carbocycles. The van der Waals surface area contributed by atoms with E-state index in [4.69, 9.17) is 0 Å². The van der Waals surface area contributed by atoms with E-state index >= 15 is 0 Å². The lowest BCUT2D eigenvalue weighted by molar-refractivity contribution is 0.0992. The molecule has 0 radical (unpaired) electrons. The van der Waals surface area contributed by atoms with Crippen LogP contribution in [-0.2, 0) is 6.42 Å². The van der Waals surface area contributed by atoms with Gasteiger partial charge in [-0.1, -0.05) is 48.0 Å². The summed E-state index contributed by atoms with van der Waals surface area (Å²) in [6.45, 7) is 4.13. The van der Waals surface area contributed by atoms with Gasteiger partial charge in [-0.15, -0.1) is 0 Å². The molecule has 0 amide bonds. The van der Waals surface area contributed by atoms with Gasteiger partial charge >= 0.3 is 0 Å². The molecule has 0 aliphatic heterocycles. The topological polar surface area (TPSA) is 32.9 Å². The number of para-hydroxylation sites is 1. The number of hydrogen-bond acceptors (Lipinski definition) is 1. The van der Waals surface area contributed by atoms with Crippen LogP contribution in [0.15, 0.2) is 24.4 Å². The van der Waals surface area contributed by atoms with Gasteiger partial charge in [-0.2, -0.15) is 0 Å². The summed E-state index contributed by atoms with van der Waals surface area (Å²) in [6.07, 6.45) is 3.60. The number of ketones is 1. The molecule has 0 saturated heterocycles. The lowest BCUT2D eigenvalue weighted by Gasteiger charge is -2.05. The van der Waals surface area contributed by atoms with Crippen LogP contribution in [0.2, 0.25) is 0 Å². The average molecular weight is 294 g/mol. The van der Waals surface area contributed by atoms with Crippen molar-refractivity contribution in [3.63, 3.8) is 0 Å². The number of aromatic nitrogens is 1. The van der Waals surface area contributed by atoms with Gasteiger partial charge in [0, 0.05) is 22.7 Å². The molecule has 0 saturated carbocycles. The van der Waals surface area contributed by atoms with Crippen LogP contribution in [0.25, 0.3) is 10.9 Å². The molecule has 1 atom stereocenters. The Morgan fingerprint density at radius 2 is 2.18 bits per heavy atom. The monoisotopic (exact) mass is 293 g/mol. The fourth-order valence-electron chi connectivity index (χ4n) is 2.07. The van der Waals surface area contributed by atoms with Crippen LogP contribution < -0.4 is 0 Å². The molecule has 0 aliphatic rings. The number of hydrogen-bond donors (Lipinski definition) is 1. The van der Waals surface area contributed by atoms with E-state index in [0.717, 1.165) is 29.3 Å². The minimum absolute atomic E-state index is 0.0909. The number of halogens is 1.